The third-order valence-electron chi connectivity index (χ3n) is 3.79. The van der Waals surface area contributed by atoms with Crippen molar-refractivity contribution in [3.05, 3.63) is 36.1 Å². The predicted octanol–water partition coefficient (Wildman–Crippen LogP) is 3.02. The van der Waals surface area contributed by atoms with E-state index < -0.39 is 0 Å². The van der Waals surface area contributed by atoms with Crippen molar-refractivity contribution < 1.29 is 9.32 Å². The molecule has 0 aliphatic rings. The lowest BCUT2D eigenvalue weighted by Crippen LogP contribution is -2.25. The highest BCUT2D eigenvalue weighted by atomic mass is 32.2. The molecule has 0 spiro atoms. The second-order valence-electron chi connectivity index (χ2n) is 5.59. The van der Waals surface area contributed by atoms with E-state index in [1.165, 1.54) is 11.8 Å². The lowest BCUT2D eigenvalue weighted by molar-refractivity contribution is -0.115. The largest absolute Gasteiger partial charge is 0.360 e. The number of benzene rings is 1. The Bertz CT molecular complexity index is 1050. The Labute approximate surface area is 147 Å². The molecule has 4 aromatic rings. The second-order valence-corrected chi connectivity index (χ2v) is 6.76. The number of nitrogens with zero attached hydrogens (tertiary/aromatic N) is 4. The molecule has 0 fully saturated rings. The van der Waals surface area contributed by atoms with Gasteiger partial charge in [-0.3, -0.25) is 9.20 Å². The Morgan fingerprint density at radius 3 is 3.04 bits per heavy atom. The number of imidazole rings is 1. The van der Waals surface area contributed by atoms with Gasteiger partial charge in [0.2, 0.25) is 11.7 Å². The minimum absolute atomic E-state index is 0.138. The molecule has 0 bridgehead atoms. The number of nitrogens with one attached hydrogen (secondary N) is 2. The number of fused-ring (bicyclic) bond motifs is 3. The summed E-state index contributed by atoms with van der Waals surface area (Å²) in [5.74, 6) is 1.59. The van der Waals surface area contributed by atoms with Gasteiger partial charge in [-0.15, -0.1) is 5.10 Å². The molecule has 128 valence electrons. The fourth-order valence-corrected chi connectivity index (χ4v) is 3.58. The molecule has 1 amide bonds. The molecule has 25 heavy (non-hydrogen) atoms. The maximum atomic E-state index is 12.5. The van der Waals surface area contributed by atoms with Crippen LogP contribution in [0.3, 0.4) is 0 Å². The van der Waals surface area contributed by atoms with Crippen molar-refractivity contribution in [2.75, 3.05) is 5.32 Å². The fourth-order valence-electron chi connectivity index (χ4n) is 2.60. The molecule has 2 N–H and O–H groups in total. The maximum Gasteiger partial charge on any atom is 0.239 e. The van der Waals surface area contributed by atoms with E-state index in [1.54, 1.807) is 13.0 Å². The molecule has 0 unspecified atom stereocenters. The molecule has 1 aromatic carbocycles. The molecule has 9 heteroatoms. The van der Waals surface area contributed by atoms with Crippen LogP contribution in [0, 0.1) is 6.92 Å². The molecule has 0 radical (unpaired) electrons. The number of para-hydroxylation sites is 2. The Hall–Kier alpha value is -2.81. The number of H-pyrrole nitrogens is 1. The van der Waals surface area contributed by atoms with Crippen molar-refractivity contribution in [2.45, 2.75) is 30.7 Å². The van der Waals surface area contributed by atoms with Crippen molar-refractivity contribution in [2.24, 2.45) is 0 Å². The van der Waals surface area contributed by atoms with Crippen molar-refractivity contribution in [3.63, 3.8) is 0 Å². The van der Waals surface area contributed by atoms with Crippen LogP contribution in [-0.2, 0) is 4.79 Å². The van der Waals surface area contributed by atoms with Crippen molar-refractivity contribution >= 4 is 40.3 Å². The van der Waals surface area contributed by atoms with Crippen LogP contribution in [0.5, 0.6) is 0 Å². The minimum atomic E-state index is -0.315. The highest BCUT2D eigenvalue weighted by Crippen LogP contribution is 2.28. The van der Waals surface area contributed by atoms with E-state index >= 15 is 0 Å². The number of aromatic amines is 1. The highest BCUT2D eigenvalue weighted by Gasteiger charge is 2.23. The molecule has 8 nitrogen and oxygen atoms in total. The van der Waals surface area contributed by atoms with Gasteiger partial charge in [-0.25, -0.2) is 10.1 Å². The first-order chi connectivity index (χ1) is 12.2. The number of anilines is 1. The average Bonchev–Trinajstić information content (AvgIpc) is 3.28. The van der Waals surface area contributed by atoms with Gasteiger partial charge in [0.05, 0.1) is 16.3 Å². The molecular weight excluding hydrogens is 340 g/mol. The molecule has 1 atom stereocenters. The molecule has 0 saturated carbocycles. The molecule has 3 aromatic heterocycles. The topological polar surface area (TPSA) is 101 Å². The minimum Gasteiger partial charge on any atom is -0.360 e. The van der Waals surface area contributed by atoms with Crippen LogP contribution in [0.4, 0.5) is 5.82 Å². The predicted molar refractivity (Wildman–Crippen MR) is 94.6 cm³/mol. The third-order valence-corrected chi connectivity index (χ3v) is 5.11. The van der Waals surface area contributed by atoms with Gasteiger partial charge in [0, 0.05) is 6.07 Å². The first-order valence-corrected chi connectivity index (χ1v) is 8.76. The zero-order valence-electron chi connectivity index (χ0n) is 13.7. The standard InChI is InChI=1S/C16H16N6O2S/c1-3-12(14(23)18-13-8-9(2)24-21-13)25-16-20-19-15-17-10-6-4-5-7-11(10)22(15)16/h4-8,12H,3H2,1-2H3,(H,17,19)(H,18,21,23)/t12-/m1/s1. The third kappa shape index (κ3) is 2.86. The summed E-state index contributed by atoms with van der Waals surface area (Å²) in [5, 5.41) is 14.2. The summed E-state index contributed by atoms with van der Waals surface area (Å²) in [7, 11) is 0. The van der Waals surface area contributed by atoms with Gasteiger partial charge in [-0.1, -0.05) is 36.0 Å². The van der Waals surface area contributed by atoms with Crippen LogP contribution >= 0.6 is 11.8 Å². The Morgan fingerprint density at radius 1 is 1.44 bits per heavy atom. The second kappa shape index (κ2) is 6.25. The number of carbonyl (C=O) groups is 1. The van der Waals surface area contributed by atoms with E-state index in [2.05, 4.69) is 25.7 Å². The van der Waals surface area contributed by atoms with E-state index in [-0.39, 0.29) is 11.2 Å². The summed E-state index contributed by atoms with van der Waals surface area (Å²) < 4.78 is 6.91. The summed E-state index contributed by atoms with van der Waals surface area (Å²) in [6.45, 7) is 3.74. The number of hydrogen-bond donors (Lipinski definition) is 2. The van der Waals surface area contributed by atoms with E-state index in [0.29, 0.717) is 28.9 Å². The zero-order chi connectivity index (χ0) is 17.4. The van der Waals surface area contributed by atoms with E-state index in [1.807, 2.05) is 35.6 Å². The summed E-state index contributed by atoms with van der Waals surface area (Å²) in [4.78, 5) is 17.0. The van der Waals surface area contributed by atoms with Gasteiger partial charge in [-0.2, -0.15) is 0 Å². The molecule has 0 aliphatic carbocycles. The number of carbonyl (C=O) groups excluding carboxylic acids is 1. The summed E-state index contributed by atoms with van der Waals surface area (Å²) in [6.07, 6.45) is 0.647. The van der Waals surface area contributed by atoms with Crippen LogP contribution in [0.1, 0.15) is 19.1 Å². The molecule has 4 rings (SSSR count). The van der Waals surface area contributed by atoms with Gasteiger partial charge in [-0.05, 0) is 25.5 Å². The smallest absolute Gasteiger partial charge is 0.239 e. The summed E-state index contributed by atoms with van der Waals surface area (Å²) >= 11 is 1.39. The van der Waals surface area contributed by atoms with E-state index in [4.69, 9.17) is 4.52 Å². The maximum absolute atomic E-state index is 12.5. The lowest BCUT2D eigenvalue weighted by Gasteiger charge is -2.11. The number of hydrogen-bond acceptors (Lipinski definition) is 6. The number of aryl methyl sites for hydroxylation is 1. The Morgan fingerprint density at radius 2 is 2.28 bits per heavy atom. The van der Waals surface area contributed by atoms with Gasteiger partial charge in [0.1, 0.15) is 5.76 Å². The Balaban J connectivity index is 1.61. The Kier molecular flexibility index (Phi) is 3.92. The van der Waals surface area contributed by atoms with Crippen molar-refractivity contribution in [3.8, 4) is 0 Å². The van der Waals surface area contributed by atoms with Gasteiger partial charge >= 0.3 is 0 Å². The number of aromatic nitrogens is 5. The summed E-state index contributed by atoms with van der Waals surface area (Å²) in [5.41, 5.74) is 1.84. The molecular formula is C16H16N6O2S. The summed E-state index contributed by atoms with van der Waals surface area (Å²) in [6, 6.07) is 9.51. The number of amides is 1. The highest BCUT2D eigenvalue weighted by molar-refractivity contribution is 8.00. The average molecular weight is 356 g/mol. The van der Waals surface area contributed by atoms with Crippen LogP contribution in [-0.4, -0.2) is 35.9 Å². The van der Waals surface area contributed by atoms with E-state index in [0.717, 1.165) is 11.0 Å². The van der Waals surface area contributed by atoms with Gasteiger partial charge in [0.25, 0.3) is 0 Å². The first kappa shape index (κ1) is 15.7. The van der Waals surface area contributed by atoms with Crippen LogP contribution in [0.25, 0.3) is 16.8 Å². The SMILES string of the molecule is CC[C@@H](Sc1n[nH]c2nc3ccccc3n12)C(=O)Nc1cc(C)on1. The molecule has 0 saturated heterocycles. The van der Waals surface area contributed by atoms with Crippen molar-refractivity contribution in [1.82, 2.24) is 24.7 Å². The number of thioether (sulfide) groups is 1. The normalized spacial score (nSPS) is 12.7. The molecule has 0 aliphatic heterocycles. The van der Waals surface area contributed by atoms with Gasteiger partial charge in [0.15, 0.2) is 11.0 Å². The zero-order valence-corrected chi connectivity index (χ0v) is 14.5. The van der Waals surface area contributed by atoms with Crippen LogP contribution in [0.15, 0.2) is 40.0 Å². The molecule has 3 heterocycles. The monoisotopic (exact) mass is 356 g/mol. The van der Waals surface area contributed by atoms with E-state index in [9.17, 15) is 4.79 Å². The fraction of sp³-hybridized carbons (Fsp3) is 0.250. The van der Waals surface area contributed by atoms with Crippen LogP contribution in [0.2, 0.25) is 0 Å². The van der Waals surface area contributed by atoms with Crippen LogP contribution < -0.4 is 5.32 Å². The van der Waals surface area contributed by atoms with Gasteiger partial charge < -0.3 is 9.84 Å². The lowest BCUT2D eigenvalue weighted by atomic mass is 10.3. The van der Waals surface area contributed by atoms with Crippen molar-refractivity contribution in [1.29, 1.82) is 0 Å². The quantitative estimate of drug-likeness (QED) is 0.533. The first-order valence-electron chi connectivity index (χ1n) is 7.88. The number of rotatable bonds is 5.